The summed E-state index contributed by atoms with van der Waals surface area (Å²) in [5, 5.41) is 5.73. The molecule has 2 amide bonds. The SMILES string of the molecule is CCOC(=O)CNC(=O)c1sc(NC(=O)C2CCCCC2)nc1C. The van der Waals surface area contributed by atoms with Gasteiger partial charge in [0, 0.05) is 5.92 Å². The molecule has 1 fully saturated rings. The lowest BCUT2D eigenvalue weighted by atomic mass is 9.89. The first-order valence-corrected chi connectivity index (χ1v) is 9.05. The third kappa shape index (κ3) is 5.02. The Balaban J connectivity index is 1.92. The fraction of sp³-hybridized carbons (Fsp3) is 0.625. The first-order valence-electron chi connectivity index (χ1n) is 8.23. The van der Waals surface area contributed by atoms with Crippen LogP contribution in [0, 0.1) is 12.8 Å². The van der Waals surface area contributed by atoms with Gasteiger partial charge in [0.1, 0.15) is 11.4 Å². The number of ether oxygens (including phenoxy) is 1. The van der Waals surface area contributed by atoms with Crippen LogP contribution in [0.15, 0.2) is 0 Å². The van der Waals surface area contributed by atoms with E-state index in [9.17, 15) is 14.4 Å². The molecular formula is C16H23N3O4S. The van der Waals surface area contributed by atoms with Crippen LogP contribution in [-0.2, 0) is 14.3 Å². The molecule has 0 spiro atoms. The van der Waals surface area contributed by atoms with Crippen LogP contribution in [0.25, 0.3) is 0 Å². The number of rotatable bonds is 6. The van der Waals surface area contributed by atoms with Gasteiger partial charge in [-0.15, -0.1) is 0 Å². The van der Waals surface area contributed by atoms with E-state index in [2.05, 4.69) is 15.6 Å². The molecular weight excluding hydrogens is 330 g/mol. The van der Waals surface area contributed by atoms with E-state index in [1.165, 1.54) is 6.42 Å². The van der Waals surface area contributed by atoms with Crippen LogP contribution in [0.1, 0.15) is 54.4 Å². The van der Waals surface area contributed by atoms with Gasteiger partial charge >= 0.3 is 5.97 Å². The molecule has 0 saturated heterocycles. The zero-order valence-corrected chi connectivity index (χ0v) is 14.8. The molecule has 0 unspecified atom stereocenters. The van der Waals surface area contributed by atoms with E-state index >= 15 is 0 Å². The molecule has 24 heavy (non-hydrogen) atoms. The maximum absolute atomic E-state index is 12.2. The molecule has 0 atom stereocenters. The van der Waals surface area contributed by atoms with E-state index in [1.54, 1.807) is 13.8 Å². The van der Waals surface area contributed by atoms with Crippen molar-refractivity contribution in [3.05, 3.63) is 10.6 Å². The van der Waals surface area contributed by atoms with Gasteiger partial charge in [0.2, 0.25) is 5.91 Å². The second-order valence-electron chi connectivity index (χ2n) is 5.75. The molecule has 0 aliphatic heterocycles. The minimum Gasteiger partial charge on any atom is -0.465 e. The Kier molecular flexibility index (Phi) is 6.72. The number of nitrogens with one attached hydrogen (secondary N) is 2. The van der Waals surface area contributed by atoms with Crippen LogP contribution in [0.2, 0.25) is 0 Å². The summed E-state index contributed by atoms with van der Waals surface area (Å²) >= 11 is 1.12. The van der Waals surface area contributed by atoms with Crippen LogP contribution >= 0.6 is 11.3 Å². The molecule has 1 aliphatic rings. The highest BCUT2D eigenvalue weighted by molar-refractivity contribution is 7.17. The van der Waals surface area contributed by atoms with Gasteiger partial charge in [-0.1, -0.05) is 30.6 Å². The Bertz CT molecular complexity index is 608. The van der Waals surface area contributed by atoms with Gasteiger partial charge in [0.25, 0.3) is 5.91 Å². The topological polar surface area (TPSA) is 97.4 Å². The lowest BCUT2D eigenvalue weighted by molar-refractivity contribution is -0.141. The van der Waals surface area contributed by atoms with Crippen LogP contribution < -0.4 is 10.6 Å². The maximum Gasteiger partial charge on any atom is 0.325 e. The minimum atomic E-state index is -0.487. The van der Waals surface area contributed by atoms with Gasteiger partial charge < -0.3 is 15.4 Å². The first kappa shape index (κ1) is 18.4. The van der Waals surface area contributed by atoms with Crippen molar-refractivity contribution in [3.8, 4) is 0 Å². The standard InChI is InChI=1S/C16H23N3O4S/c1-3-23-12(20)9-17-15(22)13-10(2)18-16(24-13)19-14(21)11-7-5-4-6-8-11/h11H,3-9H2,1-2H3,(H,17,22)(H,18,19,21). The number of nitrogens with zero attached hydrogens (tertiary/aromatic N) is 1. The predicted octanol–water partition coefficient (Wildman–Crippen LogP) is 2.26. The van der Waals surface area contributed by atoms with Gasteiger partial charge in [-0.25, -0.2) is 4.98 Å². The molecule has 2 rings (SSSR count). The number of hydrogen-bond donors (Lipinski definition) is 2. The molecule has 132 valence electrons. The Labute approximate surface area is 145 Å². The van der Waals surface area contributed by atoms with Crippen molar-refractivity contribution in [1.29, 1.82) is 0 Å². The van der Waals surface area contributed by atoms with Gasteiger partial charge in [-0.3, -0.25) is 14.4 Å². The largest absolute Gasteiger partial charge is 0.465 e. The Morgan fingerprint density at radius 2 is 1.96 bits per heavy atom. The summed E-state index contributed by atoms with van der Waals surface area (Å²) in [5.74, 6) is -0.874. The molecule has 1 aromatic rings. The predicted molar refractivity (Wildman–Crippen MR) is 91.0 cm³/mol. The van der Waals surface area contributed by atoms with Gasteiger partial charge in [0.15, 0.2) is 5.13 Å². The van der Waals surface area contributed by atoms with Crippen molar-refractivity contribution in [1.82, 2.24) is 10.3 Å². The van der Waals surface area contributed by atoms with Gasteiger partial charge in [0.05, 0.1) is 12.3 Å². The highest BCUT2D eigenvalue weighted by Gasteiger charge is 2.23. The highest BCUT2D eigenvalue weighted by atomic mass is 32.1. The average molecular weight is 353 g/mol. The first-order chi connectivity index (χ1) is 11.5. The molecule has 1 aromatic heterocycles. The molecule has 1 aliphatic carbocycles. The molecule has 1 heterocycles. The molecule has 7 nitrogen and oxygen atoms in total. The summed E-state index contributed by atoms with van der Waals surface area (Å²) in [6, 6.07) is 0. The van der Waals surface area contributed by atoms with Crippen molar-refractivity contribution >= 4 is 34.3 Å². The van der Waals surface area contributed by atoms with Crippen molar-refractivity contribution in [3.63, 3.8) is 0 Å². The number of carbonyl (C=O) groups is 3. The molecule has 0 radical (unpaired) electrons. The van der Waals surface area contributed by atoms with Crippen LogP contribution in [0.4, 0.5) is 5.13 Å². The molecule has 0 bridgehead atoms. The fourth-order valence-electron chi connectivity index (χ4n) is 2.68. The van der Waals surface area contributed by atoms with Crippen molar-refractivity contribution in [2.24, 2.45) is 5.92 Å². The van der Waals surface area contributed by atoms with Crippen LogP contribution in [-0.4, -0.2) is 35.9 Å². The smallest absolute Gasteiger partial charge is 0.325 e. The maximum atomic E-state index is 12.2. The lowest BCUT2D eigenvalue weighted by Gasteiger charge is -2.19. The van der Waals surface area contributed by atoms with Crippen LogP contribution in [0.5, 0.6) is 0 Å². The number of esters is 1. The number of hydrogen-bond acceptors (Lipinski definition) is 6. The van der Waals surface area contributed by atoms with Crippen molar-refractivity contribution < 1.29 is 19.1 Å². The third-order valence-corrected chi connectivity index (χ3v) is 4.98. The Morgan fingerprint density at radius 1 is 1.25 bits per heavy atom. The number of amides is 2. The highest BCUT2D eigenvalue weighted by Crippen LogP contribution is 2.27. The summed E-state index contributed by atoms with van der Waals surface area (Å²) in [5.41, 5.74) is 0.528. The van der Waals surface area contributed by atoms with E-state index in [4.69, 9.17) is 4.74 Å². The van der Waals surface area contributed by atoms with Gasteiger partial charge in [-0.05, 0) is 26.7 Å². The zero-order valence-electron chi connectivity index (χ0n) is 14.0. The number of anilines is 1. The molecule has 2 N–H and O–H groups in total. The summed E-state index contributed by atoms with van der Waals surface area (Å²) in [7, 11) is 0. The zero-order chi connectivity index (χ0) is 17.5. The van der Waals surface area contributed by atoms with Crippen molar-refractivity contribution in [2.45, 2.75) is 46.0 Å². The van der Waals surface area contributed by atoms with E-state index in [1.807, 2.05) is 0 Å². The summed E-state index contributed by atoms with van der Waals surface area (Å²) < 4.78 is 4.76. The van der Waals surface area contributed by atoms with E-state index in [0.29, 0.717) is 15.7 Å². The number of aryl methyl sites for hydroxylation is 1. The monoisotopic (exact) mass is 353 g/mol. The normalized spacial score (nSPS) is 14.9. The molecule has 1 saturated carbocycles. The van der Waals surface area contributed by atoms with E-state index < -0.39 is 11.9 Å². The minimum absolute atomic E-state index is 0.0260. The summed E-state index contributed by atoms with van der Waals surface area (Å²) in [6.07, 6.45) is 5.16. The average Bonchev–Trinajstić information content (AvgIpc) is 2.94. The molecule has 0 aromatic carbocycles. The van der Waals surface area contributed by atoms with Crippen LogP contribution in [0.3, 0.4) is 0 Å². The fourth-order valence-corrected chi connectivity index (χ4v) is 3.56. The van der Waals surface area contributed by atoms with E-state index in [0.717, 1.165) is 37.0 Å². The van der Waals surface area contributed by atoms with Crippen molar-refractivity contribution in [2.75, 3.05) is 18.5 Å². The van der Waals surface area contributed by atoms with E-state index in [-0.39, 0.29) is 25.0 Å². The summed E-state index contributed by atoms with van der Waals surface area (Å²) in [6.45, 7) is 3.49. The lowest BCUT2D eigenvalue weighted by Crippen LogP contribution is -2.30. The number of aromatic nitrogens is 1. The van der Waals surface area contributed by atoms with Gasteiger partial charge in [-0.2, -0.15) is 0 Å². The number of thiazole rings is 1. The number of carbonyl (C=O) groups excluding carboxylic acids is 3. The second kappa shape index (κ2) is 8.77. The second-order valence-corrected chi connectivity index (χ2v) is 6.74. The molecule has 8 heteroatoms. The summed E-state index contributed by atoms with van der Waals surface area (Å²) in [4.78, 5) is 40.3. The third-order valence-electron chi connectivity index (χ3n) is 3.91. The Morgan fingerprint density at radius 3 is 2.62 bits per heavy atom. The Hall–Kier alpha value is -1.96. The quantitative estimate of drug-likeness (QED) is 0.765.